The molecule has 0 aromatic carbocycles. The average Bonchev–Trinajstić information content (AvgIpc) is 2.77. The second kappa shape index (κ2) is 6.12. The number of carbonyl (C=O) groups excluding carboxylic acids is 2. The average molecular weight is 273 g/mol. The smallest absolute Gasteiger partial charge is 0.336 e. The molecule has 0 saturated heterocycles. The highest BCUT2D eigenvalue weighted by Crippen LogP contribution is 2.22. The highest BCUT2D eigenvalue weighted by atomic mass is 32.1. The lowest BCUT2D eigenvalue weighted by Gasteiger charge is -2.15. The molecule has 1 amide bonds. The number of carboxylic acids is 1. The molecule has 0 unspecified atom stereocenters. The molecule has 2 atom stereocenters. The summed E-state index contributed by atoms with van der Waals surface area (Å²) in [5.41, 5.74) is 5.07. The van der Waals surface area contributed by atoms with Crippen LogP contribution in [0, 0.1) is 0 Å². The molecule has 1 aromatic heterocycles. The van der Waals surface area contributed by atoms with E-state index in [0.29, 0.717) is 4.88 Å². The zero-order valence-corrected chi connectivity index (χ0v) is 9.92. The fraction of sp³-hybridized carbons (Fsp3) is 0.300. The maximum atomic E-state index is 11.3. The number of carbonyl (C=O) groups is 3. The van der Waals surface area contributed by atoms with E-state index in [1.54, 1.807) is 11.4 Å². The van der Waals surface area contributed by atoms with Gasteiger partial charge in [-0.25, -0.2) is 4.79 Å². The third-order valence-electron chi connectivity index (χ3n) is 1.93. The molecule has 0 spiro atoms. The van der Waals surface area contributed by atoms with E-state index in [0.717, 1.165) is 11.3 Å². The zero-order chi connectivity index (χ0) is 13.7. The summed E-state index contributed by atoms with van der Waals surface area (Å²) >= 11 is 1.15. The molecule has 4 N–H and O–H groups in total. The number of hydrogen-bond acceptors (Lipinski definition) is 6. The lowest BCUT2D eigenvalue weighted by molar-refractivity contribution is -0.166. The third-order valence-corrected chi connectivity index (χ3v) is 2.85. The third kappa shape index (κ3) is 3.82. The van der Waals surface area contributed by atoms with Gasteiger partial charge < -0.3 is 20.7 Å². The Kier molecular flexibility index (Phi) is 4.81. The fourth-order valence-corrected chi connectivity index (χ4v) is 1.90. The first-order valence-electron chi connectivity index (χ1n) is 4.85. The van der Waals surface area contributed by atoms with Crippen molar-refractivity contribution < 1.29 is 29.3 Å². The van der Waals surface area contributed by atoms with Crippen molar-refractivity contribution in [2.75, 3.05) is 0 Å². The Morgan fingerprint density at radius 2 is 2.11 bits per heavy atom. The molecular weight excluding hydrogens is 262 g/mol. The van der Waals surface area contributed by atoms with E-state index in [-0.39, 0.29) is 0 Å². The van der Waals surface area contributed by atoms with Crippen molar-refractivity contribution in [2.45, 2.75) is 18.6 Å². The van der Waals surface area contributed by atoms with Crippen LogP contribution < -0.4 is 5.73 Å². The van der Waals surface area contributed by atoms with Gasteiger partial charge in [0.05, 0.1) is 11.3 Å². The number of ether oxygens (including phenoxy) is 1. The van der Waals surface area contributed by atoms with E-state index in [9.17, 15) is 19.5 Å². The Balaban J connectivity index is 2.71. The molecular formula is C10H11NO6S. The van der Waals surface area contributed by atoms with Gasteiger partial charge in [0.25, 0.3) is 5.91 Å². The molecule has 0 fully saturated rings. The number of aliphatic carboxylic acids is 1. The summed E-state index contributed by atoms with van der Waals surface area (Å²) in [5, 5.41) is 19.3. The molecule has 1 heterocycles. The Hall–Kier alpha value is -1.93. The van der Waals surface area contributed by atoms with E-state index >= 15 is 0 Å². The number of carboxylic acid groups (broad SMARTS) is 1. The van der Waals surface area contributed by atoms with Crippen molar-refractivity contribution in [3.05, 3.63) is 22.4 Å². The number of amides is 1. The highest BCUT2D eigenvalue weighted by Gasteiger charge is 2.28. The van der Waals surface area contributed by atoms with Gasteiger partial charge in [0, 0.05) is 0 Å². The Bertz CT molecular complexity index is 443. The SMILES string of the molecule is NC(=O)[C@@H](OC(=O)[C@@H](O)CC(=O)O)c1cccs1. The molecule has 0 bridgehead atoms. The highest BCUT2D eigenvalue weighted by molar-refractivity contribution is 7.10. The van der Waals surface area contributed by atoms with Crippen molar-refractivity contribution >= 4 is 29.2 Å². The molecule has 0 saturated carbocycles. The first-order chi connectivity index (χ1) is 8.41. The van der Waals surface area contributed by atoms with E-state index in [2.05, 4.69) is 0 Å². The quantitative estimate of drug-likeness (QED) is 0.608. The number of rotatable bonds is 6. The lowest BCUT2D eigenvalue weighted by Crippen LogP contribution is -2.32. The summed E-state index contributed by atoms with van der Waals surface area (Å²) in [4.78, 5) is 33.2. The van der Waals surface area contributed by atoms with E-state index in [4.69, 9.17) is 15.6 Å². The van der Waals surface area contributed by atoms with Crippen molar-refractivity contribution in [3.8, 4) is 0 Å². The Morgan fingerprint density at radius 3 is 2.56 bits per heavy atom. The minimum absolute atomic E-state index is 0.401. The molecule has 0 aliphatic heterocycles. The molecule has 1 rings (SSSR count). The van der Waals surface area contributed by atoms with Crippen LogP contribution in [0.2, 0.25) is 0 Å². The monoisotopic (exact) mass is 273 g/mol. The topological polar surface area (TPSA) is 127 Å². The molecule has 18 heavy (non-hydrogen) atoms. The summed E-state index contributed by atoms with van der Waals surface area (Å²) in [6, 6.07) is 3.18. The molecule has 98 valence electrons. The van der Waals surface area contributed by atoms with E-state index in [1.165, 1.54) is 6.07 Å². The number of aliphatic hydroxyl groups is 1. The Morgan fingerprint density at radius 1 is 1.44 bits per heavy atom. The van der Waals surface area contributed by atoms with Gasteiger partial charge in [-0.05, 0) is 11.4 Å². The predicted molar refractivity (Wildman–Crippen MR) is 60.6 cm³/mol. The van der Waals surface area contributed by atoms with E-state index < -0.39 is 36.5 Å². The van der Waals surface area contributed by atoms with Crippen molar-refractivity contribution in [1.29, 1.82) is 0 Å². The summed E-state index contributed by atoms with van der Waals surface area (Å²) in [5.74, 6) is -3.45. The number of hydrogen-bond donors (Lipinski definition) is 3. The van der Waals surface area contributed by atoms with Gasteiger partial charge in [-0.15, -0.1) is 11.3 Å². The second-order valence-electron chi connectivity index (χ2n) is 3.35. The maximum absolute atomic E-state index is 11.3. The van der Waals surface area contributed by atoms with Gasteiger partial charge in [-0.1, -0.05) is 6.07 Å². The molecule has 0 aliphatic rings. The van der Waals surface area contributed by atoms with Gasteiger partial charge in [-0.3, -0.25) is 9.59 Å². The first kappa shape index (κ1) is 14.1. The first-order valence-corrected chi connectivity index (χ1v) is 5.73. The second-order valence-corrected chi connectivity index (χ2v) is 4.33. The van der Waals surface area contributed by atoms with Crippen LogP contribution in [0.5, 0.6) is 0 Å². The number of primary amides is 1. The lowest BCUT2D eigenvalue weighted by atomic mass is 10.2. The summed E-state index contributed by atoms with van der Waals surface area (Å²) in [7, 11) is 0. The maximum Gasteiger partial charge on any atom is 0.336 e. The molecule has 0 aliphatic carbocycles. The van der Waals surface area contributed by atoms with Gasteiger partial charge in [0.15, 0.2) is 6.10 Å². The normalized spacial score (nSPS) is 13.6. The van der Waals surface area contributed by atoms with Crippen molar-refractivity contribution in [3.63, 3.8) is 0 Å². The predicted octanol–water partition coefficient (Wildman–Crippen LogP) is -0.347. The minimum Gasteiger partial charge on any atom is -0.481 e. The fourth-order valence-electron chi connectivity index (χ4n) is 1.14. The van der Waals surface area contributed by atoms with Gasteiger partial charge in [0.2, 0.25) is 6.10 Å². The van der Waals surface area contributed by atoms with E-state index in [1.807, 2.05) is 0 Å². The number of nitrogens with two attached hydrogens (primary N) is 1. The number of thiophene rings is 1. The van der Waals surface area contributed by atoms with Crippen LogP contribution >= 0.6 is 11.3 Å². The van der Waals surface area contributed by atoms with Crippen LogP contribution in [0.15, 0.2) is 17.5 Å². The number of aliphatic hydroxyl groups excluding tert-OH is 1. The van der Waals surface area contributed by atoms with Gasteiger partial charge in [0.1, 0.15) is 0 Å². The largest absolute Gasteiger partial charge is 0.481 e. The van der Waals surface area contributed by atoms with Gasteiger partial charge >= 0.3 is 11.9 Å². The van der Waals surface area contributed by atoms with Crippen molar-refractivity contribution in [1.82, 2.24) is 0 Å². The van der Waals surface area contributed by atoms with Crippen LogP contribution in [0.1, 0.15) is 17.4 Å². The molecule has 7 nitrogen and oxygen atoms in total. The van der Waals surface area contributed by atoms with Crippen LogP contribution in [-0.2, 0) is 19.1 Å². The molecule has 8 heteroatoms. The zero-order valence-electron chi connectivity index (χ0n) is 9.11. The summed E-state index contributed by atoms with van der Waals surface area (Å²) in [6.45, 7) is 0. The molecule has 0 radical (unpaired) electrons. The van der Waals surface area contributed by atoms with Gasteiger partial charge in [-0.2, -0.15) is 0 Å². The summed E-state index contributed by atoms with van der Waals surface area (Å²) in [6.07, 6.45) is -3.94. The van der Waals surface area contributed by atoms with Crippen LogP contribution in [0.4, 0.5) is 0 Å². The number of esters is 1. The Labute approximate surface area is 106 Å². The van der Waals surface area contributed by atoms with Crippen LogP contribution in [0.3, 0.4) is 0 Å². The van der Waals surface area contributed by atoms with Crippen LogP contribution in [-0.4, -0.2) is 34.2 Å². The van der Waals surface area contributed by atoms with Crippen LogP contribution in [0.25, 0.3) is 0 Å². The molecule has 1 aromatic rings. The summed E-state index contributed by atoms with van der Waals surface area (Å²) < 4.78 is 4.70. The standard InChI is InChI=1S/C10H11NO6S/c11-9(15)8(6-2-1-3-18-6)17-10(16)5(12)4-7(13)14/h1-3,5,8,12H,4H2,(H2,11,15)(H,13,14)/t5-,8-/m0/s1. The minimum atomic E-state index is -1.83. The van der Waals surface area contributed by atoms with Crippen molar-refractivity contribution in [2.24, 2.45) is 5.73 Å².